The van der Waals surface area contributed by atoms with Gasteiger partial charge in [0.05, 0.1) is 47.4 Å². The first-order valence-electron chi connectivity index (χ1n) is 20.1. The number of aliphatic carboxylic acids is 3. The molecule has 1 aliphatic rings. The molecule has 312 valence electrons. The molecule has 0 aromatic rings. The summed E-state index contributed by atoms with van der Waals surface area (Å²) in [6.07, 6.45) is 18.9. The van der Waals surface area contributed by atoms with Gasteiger partial charge < -0.3 is 29.6 Å². The summed E-state index contributed by atoms with van der Waals surface area (Å²) in [4.78, 5) is 51.9. The maximum absolute atomic E-state index is 11.9. The van der Waals surface area contributed by atoms with Crippen LogP contribution in [0.5, 0.6) is 0 Å². The standard InChI is InChI=1S/C37H74N5O10P/c1-42(2,3)29-31-52-53(49,50)51-30-19-17-15-13-11-9-7-5-4-6-8-10-12-14-16-18-20-38-21-23-39(32-35(43)44)25-27-41(34-37(47)48)28-26-40(24-22-38)33-36(45)46/h4-34H2,1-3H3,(H3-,43,44,45,46,47,48,49,50)/p+1. The normalized spacial score (nSPS) is 17.6. The second kappa shape index (κ2) is 29.6. The Morgan fingerprint density at radius 1 is 0.491 bits per heavy atom. The molecule has 1 fully saturated rings. The van der Waals surface area contributed by atoms with Crippen molar-refractivity contribution in [3.05, 3.63) is 0 Å². The number of carboxylic acids is 3. The van der Waals surface area contributed by atoms with E-state index in [1.165, 1.54) is 70.6 Å². The van der Waals surface area contributed by atoms with Gasteiger partial charge in [-0.05, 0) is 19.4 Å². The van der Waals surface area contributed by atoms with Gasteiger partial charge in [-0.25, -0.2) is 4.57 Å². The maximum Gasteiger partial charge on any atom is 0.472 e. The lowest BCUT2D eigenvalue weighted by Gasteiger charge is -2.33. The summed E-state index contributed by atoms with van der Waals surface area (Å²) in [5.74, 6) is -2.76. The van der Waals surface area contributed by atoms with E-state index >= 15 is 0 Å². The third-order valence-electron chi connectivity index (χ3n) is 9.65. The van der Waals surface area contributed by atoms with Crippen LogP contribution >= 0.6 is 7.82 Å². The van der Waals surface area contributed by atoms with Gasteiger partial charge in [-0.15, -0.1) is 0 Å². The predicted octanol–water partition coefficient (Wildman–Crippen LogP) is 4.54. The van der Waals surface area contributed by atoms with Crippen molar-refractivity contribution in [2.24, 2.45) is 0 Å². The Morgan fingerprint density at radius 3 is 1.09 bits per heavy atom. The van der Waals surface area contributed by atoms with Crippen LogP contribution in [0.4, 0.5) is 0 Å². The summed E-state index contributed by atoms with van der Waals surface area (Å²) in [6.45, 7) is 5.85. The molecular formula is C37H75N5O10P+. The van der Waals surface area contributed by atoms with Crippen molar-refractivity contribution in [1.82, 2.24) is 19.6 Å². The molecule has 0 saturated carbocycles. The average molecular weight is 781 g/mol. The van der Waals surface area contributed by atoms with Crippen molar-refractivity contribution in [2.75, 3.05) is 119 Å². The van der Waals surface area contributed by atoms with Gasteiger partial charge in [-0.1, -0.05) is 89.9 Å². The van der Waals surface area contributed by atoms with Crippen molar-refractivity contribution < 1.29 is 52.7 Å². The molecule has 53 heavy (non-hydrogen) atoms. The van der Waals surface area contributed by atoms with E-state index in [4.69, 9.17) is 9.05 Å². The molecule has 0 amide bonds. The van der Waals surface area contributed by atoms with Crippen molar-refractivity contribution in [3.8, 4) is 0 Å². The van der Waals surface area contributed by atoms with E-state index in [-0.39, 0.29) is 32.8 Å². The fourth-order valence-corrected chi connectivity index (χ4v) is 7.16. The molecule has 1 aliphatic heterocycles. The number of likely N-dealkylation sites (N-methyl/N-ethyl adjacent to an activating group) is 1. The zero-order chi connectivity index (χ0) is 39.4. The topological polar surface area (TPSA) is 181 Å². The van der Waals surface area contributed by atoms with Crippen LogP contribution in [-0.2, 0) is 28.0 Å². The summed E-state index contributed by atoms with van der Waals surface area (Å²) in [6, 6.07) is 0. The first-order valence-corrected chi connectivity index (χ1v) is 21.6. The van der Waals surface area contributed by atoms with Crippen molar-refractivity contribution >= 4 is 25.7 Å². The van der Waals surface area contributed by atoms with Crippen LogP contribution in [-0.4, -0.2) is 182 Å². The molecule has 0 aliphatic carbocycles. The summed E-state index contributed by atoms with van der Waals surface area (Å²) >= 11 is 0. The van der Waals surface area contributed by atoms with E-state index in [1.54, 1.807) is 4.90 Å². The number of carboxylic acid groups (broad SMARTS) is 3. The van der Waals surface area contributed by atoms with E-state index in [1.807, 2.05) is 30.9 Å². The first kappa shape index (κ1) is 49.3. The van der Waals surface area contributed by atoms with Crippen LogP contribution in [0.3, 0.4) is 0 Å². The highest BCUT2D eigenvalue weighted by Crippen LogP contribution is 2.43. The number of hydrogen-bond acceptors (Lipinski definition) is 10. The van der Waals surface area contributed by atoms with E-state index < -0.39 is 25.7 Å². The number of phosphoric acid groups is 1. The smallest absolute Gasteiger partial charge is 0.472 e. The quantitative estimate of drug-likeness (QED) is 0.0453. The van der Waals surface area contributed by atoms with Gasteiger partial charge in [0.25, 0.3) is 0 Å². The minimum atomic E-state index is -3.95. The predicted molar refractivity (Wildman–Crippen MR) is 207 cm³/mol. The lowest BCUT2D eigenvalue weighted by molar-refractivity contribution is -0.870. The molecule has 0 aromatic carbocycles. The number of quaternary nitrogens is 1. The van der Waals surface area contributed by atoms with E-state index in [0.717, 1.165) is 38.6 Å². The summed E-state index contributed by atoms with van der Waals surface area (Å²) in [7, 11) is 2.05. The van der Waals surface area contributed by atoms with E-state index in [2.05, 4.69) is 4.90 Å². The number of phosphoric ester groups is 1. The lowest BCUT2D eigenvalue weighted by atomic mass is 10.0. The Kier molecular flexibility index (Phi) is 27.5. The Labute approximate surface area is 319 Å². The molecule has 0 aromatic heterocycles. The number of rotatable bonds is 30. The van der Waals surface area contributed by atoms with Gasteiger partial charge in [0.15, 0.2) is 0 Å². The third-order valence-corrected chi connectivity index (χ3v) is 10.7. The maximum atomic E-state index is 11.9. The highest BCUT2D eigenvalue weighted by atomic mass is 31.2. The Bertz CT molecular complexity index is 1000. The second-order valence-electron chi connectivity index (χ2n) is 15.7. The highest BCUT2D eigenvalue weighted by Gasteiger charge is 2.22. The van der Waals surface area contributed by atoms with Crippen LogP contribution in [0.25, 0.3) is 0 Å². The molecule has 0 bridgehead atoms. The molecule has 15 nitrogen and oxygen atoms in total. The van der Waals surface area contributed by atoms with Gasteiger partial charge >= 0.3 is 25.7 Å². The molecular weight excluding hydrogens is 705 g/mol. The fraction of sp³-hybridized carbons (Fsp3) is 0.919. The number of carbonyl (C=O) groups is 3. The number of unbranched alkanes of at least 4 members (excludes halogenated alkanes) is 15. The molecule has 0 radical (unpaired) electrons. The van der Waals surface area contributed by atoms with Crippen LogP contribution < -0.4 is 0 Å². The van der Waals surface area contributed by atoms with Gasteiger partial charge in [0.2, 0.25) is 0 Å². The molecule has 1 heterocycles. The minimum absolute atomic E-state index is 0.0913. The molecule has 1 atom stereocenters. The monoisotopic (exact) mass is 781 g/mol. The van der Waals surface area contributed by atoms with Gasteiger partial charge in [0.1, 0.15) is 13.2 Å². The van der Waals surface area contributed by atoms with Gasteiger partial charge in [-0.2, -0.15) is 0 Å². The van der Waals surface area contributed by atoms with Gasteiger partial charge in [0, 0.05) is 52.4 Å². The Morgan fingerprint density at radius 2 is 0.774 bits per heavy atom. The third kappa shape index (κ3) is 31.2. The zero-order valence-electron chi connectivity index (χ0n) is 33.3. The SMILES string of the molecule is C[N+](C)(C)CCOP(=O)(O)OCCCCCCCCCCCCCCCCCCN1CCN(CC(=O)O)CCN(CC(=O)O)CCN(CC(=O)O)CC1. The lowest BCUT2D eigenvalue weighted by Crippen LogP contribution is -2.48. The van der Waals surface area contributed by atoms with E-state index in [0.29, 0.717) is 63.4 Å². The molecule has 1 saturated heterocycles. The summed E-state index contributed by atoms with van der Waals surface area (Å²) in [5.41, 5.74) is 0. The summed E-state index contributed by atoms with van der Waals surface area (Å²) in [5, 5.41) is 28.2. The molecule has 0 spiro atoms. The minimum Gasteiger partial charge on any atom is -0.480 e. The Balaban J connectivity index is 2.15. The highest BCUT2D eigenvalue weighted by molar-refractivity contribution is 7.47. The number of nitrogens with zero attached hydrogens (tertiary/aromatic N) is 5. The van der Waals surface area contributed by atoms with Crippen LogP contribution in [0.2, 0.25) is 0 Å². The average Bonchev–Trinajstić information content (AvgIpc) is 3.05. The van der Waals surface area contributed by atoms with Crippen molar-refractivity contribution in [3.63, 3.8) is 0 Å². The summed E-state index contributed by atoms with van der Waals surface area (Å²) < 4.78 is 22.7. The zero-order valence-corrected chi connectivity index (χ0v) is 34.2. The second-order valence-corrected chi connectivity index (χ2v) is 17.1. The molecule has 1 rings (SSSR count). The fourth-order valence-electron chi connectivity index (χ4n) is 6.41. The number of hydrogen-bond donors (Lipinski definition) is 4. The van der Waals surface area contributed by atoms with Crippen LogP contribution in [0, 0.1) is 0 Å². The Hall–Kier alpha value is -1.68. The van der Waals surface area contributed by atoms with Gasteiger partial charge in [-0.3, -0.25) is 38.1 Å². The molecule has 4 N–H and O–H groups in total. The van der Waals surface area contributed by atoms with Crippen LogP contribution in [0.1, 0.15) is 103 Å². The van der Waals surface area contributed by atoms with E-state index in [9.17, 15) is 39.2 Å². The molecule has 16 heteroatoms. The van der Waals surface area contributed by atoms with Crippen molar-refractivity contribution in [2.45, 2.75) is 103 Å². The molecule has 1 unspecified atom stereocenters. The van der Waals surface area contributed by atoms with Crippen LogP contribution in [0.15, 0.2) is 0 Å². The first-order chi connectivity index (χ1) is 25.1. The van der Waals surface area contributed by atoms with Crippen molar-refractivity contribution in [1.29, 1.82) is 0 Å². The largest absolute Gasteiger partial charge is 0.480 e.